The average molecular weight is 268 g/mol. The van der Waals surface area contributed by atoms with Gasteiger partial charge in [-0.15, -0.1) is 11.8 Å². The average Bonchev–Trinajstić information content (AvgIpc) is 2.28. The number of benzene rings is 1. The summed E-state index contributed by atoms with van der Waals surface area (Å²) in [6, 6.07) is 4.56. The van der Waals surface area contributed by atoms with Gasteiger partial charge in [0.25, 0.3) is 0 Å². The molecule has 0 saturated carbocycles. The largest absolute Gasteiger partial charge is 0.348 e. The molecule has 0 fully saturated rings. The molecule has 0 radical (unpaired) electrons. The summed E-state index contributed by atoms with van der Waals surface area (Å²) < 4.78 is 13.3. The fraction of sp³-hybridized carbons (Fsp3) is 0.462. The molecule has 1 unspecified atom stereocenters. The van der Waals surface area contributed by atoms with E-state index in [1.54, 1.807) is 31.7 Å². The van der Waals surface area contributed by atoms with Crippen molar-refractivity contribution in [1.29, 1.82) is 0 Å². The number of hydrogen-bond acceptors (Lipinski definition) is 3. The van der Waals surface area contributed by atoms with Gasteiger partial charge in [-0.2, -0.15) is 0 Å². The van der Waals surface area contributed by atoms with Crippen LogP contribution in [0.2, 0.25) is 0 Å². The molecule has 3 N–H and O–H groups in total. The standard InChI is InChI=1S/C13H17FN2OS/c1-13(2,15)12(17)16-10-5-6-18-11-4-3-8(14)7-9(10)11/h3-4,7,10H,5-6,15H2,1-2H3,(H,16,17). The van der Waals surface area contributed by atoms with Crippen molar-refractivity contribution in [2.45, 2.75) is 36.7 Å². The Balaban J connectivity index is 2.22. The number of hydrogen-bond donors (Lipinski definition) is 2. The minimum atomic E-state index is -0.919. The molecule has 98 valence electrons. The molecule has 3 nitrogen and oxygen atoms in total. The summed E-state index contributed by atoms with van der Waals surface area (Å²) in [6.45, 7) is 3.32. The molecule has 18 heavy (non-hydrogen) atoms. The predicted octanol–water partition coefficient (Wildman–Crippen LogP) is 2.22. The third-order valence-electron chi connectivity index (χ3n) is 2.90. The predicted molar refractivity (Wildman–Crippen MR) is 70.9 cm³/mol. The monoisotopic (exact) mass is 268 g/mol. The van der Waals surface area contributed by atoms with Gasteiger partial charge in [-0.3, -0.25) is 4.79 Å². The van der Waals surface area contributed by atoms with Crippen molar-refractivity contribution < 1.29 is 9.18 Å². The second-order valence-corrected chi connectivity index (χ2v) is 6.20. The summed E-state index contributed by atoms with van der Waals surface area (Å²) in [7, 11) is 0. The molecule has 0 bridgehead atoms. The van der Waals surface area contributed by atoms with Gasteiger partial charge >= 0.3 is 0 Å². The number of amides is 1. The first-order valence-electron chi connectivity index (χ1n) is 5.90. The Hall–Kier alpha value is -1.07. The molecule has 1 aliphatic heterocycles. The van der Waals surface area contributed by atoms with Crippen molar-refractivity contribution >= 4 is 17.7 Å². The smallest absolute Gasteiger partial charge is 0.239 e. The first kappa shape index (κ1) is 13.4. The lowest BCUT2D eigenvalue weighted by Crippen LogP contribution is -2.50. The topological polar surface area (TPSA) is 55.1 Å². The van der Waals surface area contributed by atoms with E-state index in [0.29, 0.717) is 0 Å². The zero-order chi connectivity index (χ0) is 13.3. The van der Waals surface area contributed by atoms with Crippen molar-refractivity contribution in [3.8, 4) is 0 Å². The van der Waals surface area contributed by atoms with Crippen LogP contribution in [0.3, 0.4) is 0 Å². The molecule has 1 aliphatic rings. The first-order valence-corrected chi connectivity index (χ1v) is 6.88. The maximum absolute atomic E-state index is 13.3. The Bertz CT molecular complexity index is 471. The highest BCUT2D eigenvalue weighted by atomic mass is 32.2. The van der Waals surface area contributed by atoms with Crippen LogP contribution in [0, 0.1) is 5.82 Å². The SMILES string of the molecule is CC(C)(N)C(=O)NC1CCSc2ccc(F)cc21. The first-order chi connectivity index (χ1) is 8.38. The minimum Gasteiger partial charge on any atom is -0.348 e. The van der Waals surface area contributed by atoms with Gasteiger partial charge in [-0.25, -0.2) is 4.39 Å². The van der Waals surface area contributed by atoms with E-state index in [1.807, 2.05) is 0 Å². The number of nitrogens with two attached hydrogens (primary N) is 1. The summed E-state index contributed by atoms with van der Waals surface area (Å²) >= 11 is 1.69. The third kappa shape index (κ3) is 2.84. The minimum absolute atomic E-state index is 0.146. The van der Waals surface area contributed by atoms with Crippen molar-refractivity contribution in [1.82, 2.24) is 5.32 Å². The van der Waals surface area contributed by atoms with Gasteiger partial charge in [0.05, 0.1) is 11.6 Å². The van der Waals surface area contributed by atoms with E-state index in [2.05, 4.69) is 5.32 Å². The normalized spacial score (nSPS) is 19.2. The number of carbonyl (C=O) groups is 1. The van der Waals surface area contributed by atoms with E-state index in [4.69, 9.17) is 5.73 Å². The van der Waals surface area contributed by atoms with Crippen molar-refractivity contribution in [2.24, 2.45) is 5.73 Å². The highest BCUT2D eigenvalue weighted by Gasteiger charge is 2.28. The molecule has 0 saturated heterocycles. The quantitative estimate of drug-likeness (QED) is 0.864. The van der Waals surface area contributed by atoms with E-state index in [-0.39, 0.29) is 17.8 Å². The summed E-state index contributed by atoms with van der Waals surface area (Å²) in [5, 5.41) is 2.90. The van der Waals surface area contributed by atoms with Crippen LogP contribution >= 0.6 is 11.8 Å². The molecule has 1 amide bonds. The van der Waals surface area contributed by atoms with Gasteiger partial charge in [-0.1, -0.05) is 0 Å². The van der Waals surface area contributed by atoms with Gasteiger partial charge in [0.1, 0.15) is 5.82 Å². The highest BCUT2D eigenvalue weighted by molar-refractivity contribution is 7.99. The molecule has 1 atom stereocenters. The zero-order valence-electron chi connectivity index (χ0n) is 10.5. The fourth-order valence-electron chi connectivity index (χ4n) is 1.86. The molecular weight excluding hydrogens is 251 g/mol. The Morgan fingerprint density at radius 2 is 2.28 bits per heavy atom. The van der Waals surface area contributed by atoms with Crippen LogP contribution in [0.1, 0.15) is 31.9 Å². The lowest BCUT2D eigenvalue weighted by molar-refractivity contribution is -0.126. The number of fused-ring (bicyclic) bond motifs is 1. The van der Waals surface area contributed by atoms with Gasteiger partial charge in [0, 0.05) is 10.6 Å². The highest BCUT2D eigenvalue weighted by Crippen LogP contribution is 2.36. The molecule has 1 heterocycles. The van der Waals surface area contributed by atoms with Crippen LogP contribution in [0.25, 0.3) is 0 Å². The van der Waals surface area contributed by atoms with Gasteiger partial charge in [0.15, 0.2) is 0 Å². The van der Waals surface area contributed by atoms with Crippen LogP contribution < -0.4 is 11.1 Å². The molecule has 0 aromatic heterocycles. The van der Waals surface area contributed by atoms with Gasteiger partial charge < -0.3 is 11.1 Å². The summed E-state index contributed by atoms with van der Waals surface area (Å²) in [4.78, 5) is 12.9. The number of thioether (sulfide) groups is 1. The summed E-state index contributed by atoms with van der Waals surface area (Å²) in [5.74, 6) is 0.423. The maximum atomic E-state index is 13.3. The number of halogens is 1. The maximum Gasteiger partial charge on any atom is 0.239 e. The fourth-order valence-corrected chi connectivity index (χ4v) is 2.97. The lowest BCUT2D eigenvalue weighted by atomic mass is 10.0. The van der Waals surface area contributed by atoms with Crippen LogP contribution in [0.5, 0.6) is 0 Å². The number of carbonyl (C=O) groups excluding carboxylic acids is 1. The van der Waals surface area contributed by atoms with Crippen molar-refractivity contribution in [2.75, 3.05) is 5.75 Å². The van der Waals surface area contributed by atoms with E-state index >= 15 is 0 Å². The Morgan fingerprint density at radius 1 is 1.56 bits per heavy atom. The number of rotatable bonds is 2. The van der Waals surface area contributed by atoms with Crippen LogP contribution in [-0.2, 0) is 4.79 Å². The summed E-state index contributed by atoms with van der Waals surface area (Å²) in [6.07, 6.45) is 0.795. The molecule has 1 aromatic rings. The second-order valence-electron chi connectivity index (χ2n) is 5.07. The Kier molecular flexibility index (Phi) is 3.64. The van der Waals surface area contributed by atoms with Crippen molar-refractivity contribution in [3.05, 3.63) is 29.6 Å². The second kappa shape index (κ2) is 4.90. The number of nitrogens with one attached hydrogen (secondary N) is 1. The molecular formula is C13H17FN2OS. The summed E-state index contributed by atoms with van der Waals surface area (Å²) in [5.41, 5.74) is 5.69. The van der Waals surface area contributed by atoms with Gasteiger partial charge in [-0.05, 0) is 44.0 Å². The van der Waals surface area contributed by atoms with E-state index in [1.165, 1.54) is 12.1 Å². The van der Waals surface area contributed by atoms with Crippen LogP contribution in [0.4, 0.5) is 4.39 Å². The van der Waals surface area contributed by atoms with Crippen LogP contribution in [0.15, 0.2) is 23.1 Å². The molecule has 0 spiro atoms. The van der Waals surface area contributed by atoms with E-state index in [0.717, 1.165) is 22.6 Å². The molecule has 0 aliphatic carbocycles. The van der Waals surface area contributed by atoms with E-state index in [9.17, 15) is 9.18 Å². The molecule has 1 aromatic carbocycles. The zero-order valence-corrected chi connectivity index (χ0v) is 11.3. The Labute approximate surface area is 110 Å². The van der Waals surface area contributed by atoms with Crippen molar-refractivity contribution in [3.63, 3.8) is 0 Å². The van der Waals surface area contributed by atoms with Gasteiger partial charge in [0.2, 0.25) is 5.91 Å². The Morgan fingerprint density at radius 3 is 2.94 bits per heavy atom. The van der Waals surface area contributed by atoms with Crippen LogP contribution in [-0.4, -0.2) is 17.2 Å². The third-order valence-corrected chi connectivity index (χ3v) is 4.02. The van der Waals surface area contributed by atoms with E-state index < -0.39 is 5.54 Å². The lowest BCUT2D eigenvalue weighted by Gasteiger charge is -2.28. The molecule has 2 rings (SSSR count). The molecule has 5 heteroatoms.